The van der Waals surface area contributed by atoms with E-state index in [-0.39, 0.29) is 24.0 Å². The molecule has 0 amide bonds. The number of guanidine groups is 1. The number of hydrogen-bond donors (Lipinski definition) is 1. The summed E-state index contributed by atoms with van der Waals surface area (Å²) in [5.74, 6) is 4.90. The van der Waals surface area contributed by atoms with Crippen LogP contribution in [0.25, 0.3) is 0 Å². The lowest BCUT2D eigenvalue weighted by atomic mass is 9.93. The van der Waals surface area contributed by atoms with E-state index < -0.39 is 0 Å². The van der Waals surface area contributed by atoms with Crippen molar-refractivity contribution in [3.8, 4) is 0 Å². The maximum absolute atomic E-state index is 4.91. The van der Waals surface area contributed by atoms with Crippen LogP contribution in [0.4, 0.5) is 0 Å². The predicted octanol–water partition coefficient (Wildman–Crippen LogP) is 2.79. The zero-order chi connectivity index (χ0) is 19.5. The van der Waals surface area contributed by atoms with Gasteiger partial charge in [-0.25, -0.2) is 4.99 Å². The highest BCUT2D eigenvalue weighted by atomic mass is 127. The lowest BCUT2D eigenvalue weighted by Gasteiger charge is -2.42. The van der Waals surface area contributed by atoms with Crippen molar-refractivity contribution in [1.29, 1.82) is 0 Å². The first-order valence-electron chi connectivity index (χ1n) is 11.3. The molecule has 3 aliphatic rings. The first-order valence-corrected chi connectivity index (χ1v) is 11.3. The van der Waals surface area contributed by atoms with E-state index >= 15 is 0 Å². The van der Waals surface area contributed by atoms with Crippen molar-refractivity contribution < 1.29 is 0 Å². The van der Waals surface area contributed by atoms with Crippen molar-refractivity contribution in [1.82, 2.24) is 29.9 Å². The summed E-state index contributed by atoms with van der Waals surface area (Å²) in [7, 11) is 2.01. The third kappa shape index (κ3) is 5.24. The Bertz CT molecular complexity index is 681. The van der Waals surface area contributed by atoms with Gasteiger partial charge >= 0.3 is 0 Å². The van der Waals surface area contributed by atoms with Crippen LogP contribution in [0.3, 0.4) is 0 Å². The van der Waals surface area contributed by atoms with Gasteiger partial charge in [0.25, 0.3) is 0 Å². The molecule has 3 unspecified atom stereocenters. The second-order valence-corrected chi connectivity index (χ2v) is 8.91. The maximum atomic E-state index is 4.91. The van der Waals surface area contributed by atoms with Crippen LogP contribution in [0.5, 0.6) is 0 Å². The number of nitrogens with one attached hydrogen (secondary N) is 1. The first-order chi connectivity index (χ1) is 13.7. The molecule has 1 aromatic rings. The fourth-order valence-electron chi connectivity index (χ4n) is 5.30. The number of fused-ring (bicyclic) bond motifs is 2. The molecular formula is C21H38IN7. The summed E-state index contributed by atoms with van der Waals surface area (Å²) in [6.45, 7) is 10.3. The molecule has 3 atom stereocenters. The Morgan fingerprint density at radius 2 is 1.93 bits per heavy atom. The molecule has 164 valence electrons. The molecule has 1 N–H and O–H groups in total. The van der Waals surface area contributed by atoms with Crippen LogP contribution in [-0.4, -0.2) is 69.3 Å². The quantitative estimate of drug-likeness (QED) is 0.273. The minimum atomic E-state index is 0. The molecule has 2 heterocycles. The Hall–Kier alpha value is -0.900. The minimum absolute atomic E-state index is 0. The predicted molar refractivity (Wildman–Crippen MR) is 128 cm³/mol. The monoisotopic (exact) mass is 515 g/mol. The van der Waals surface area contributed by atoms with Gasteiger partial charge in [0.2, 0.25) is 0 Å². The van der Waals surface area contributed by atoms with Gasteiger partial charge in [-0.3, -0.25) is 4.90 Å². The number of aliphatic imine (C=N–C) groups is 1. The zero-order valence-corrected chi connectivity index (χ0v) is 20.6. The van der Waals surface area contributed by atoms with E-state index in [1.165, 1.54) is 51.6 Å². The van der Waals surface area contributed by atoms with Crippen LogP contribution in [-0.2, 0) is 13.6 Å². The summed E-state index contributed by atoms with van der Waals surface area (Å²) in [6, 6.07) is 0.857. The van der Waals surface area contributed by atoms with Gasteiger partial charge in [0.1, 0.15) is 12.4 Å². The van der Waals surface area contributed by atoms with Crippen LogP contribution in [0.15, 0.2) is 4.99 Å². The molecule has 1 aliphatic heterocycles. The van der Waals surface area contributed by atoms with Crippen LogP contribution in [0, 0.1) is 18.8 Å². The summed E-state index contributed by atoms with van der Waals surface area (Å²) in [4.78, 5) is 10.1. The van der Waals surface area contributed by atoms with Gasteiger partial charge in [-0.2, -0.15) is 0 Å². The second-order valence-electron chi connectivity index (χ2n) is 8.91. The molecule has 2 aliphatic carbocycles. The van der Waals surface area contributed by atoms with Gasteiger partial charge in [-0.15, -0.1) is 34.2 Å². The number of unbranched alkanes of at least 4 members (excludes halogenated alkanes) is 1. The minimum Gasteiger partial charge on any atom is -0.356 e. The number of nitrogens with zero attached hydrogens (tertiary/aromatic N) is 6. The highest BCUT2D eigenvalue weighted by Gasteiger charge is 2.42. The van der Waals surface area contributed by atoms with Crippen molar-refractivity contribution in [2.24, 2.45) is 23.9 Å². The summed E-state index contributed by atoms with van der Waals surface area (Å²) < 4.78 is 2.03. The van der Waals surface area contributed by atoms with Crippen molar-refractivity contribution in [2.45, 2.75) is 65.0 Å². The lowest BCUT2D eigenvalue weighted by molar-refractivity contribution is 0.0957. The van der Waals surface area contributed by atoms with Crippen LogP contribution < -0.4 is 5.32 Å². The highest BCUT2D eigenvalue weighted by Crippen LogP contribution is 2.46. The molecule has 2 saturated carbocycles. The molecule has 0 spiro atoms. The van der Waals surface area contributed by atoms with E-state index in [0.717, 1.165) is 55.1 Å². The van der Waals surface area contributed by atoms with Gasteiger partial charge in [0.05, 0.1) is 0 Å². The molecule has 1 aromatic heterocycles. The van der Waals surface area contributed by atoms with Crippen molar-refractivity contribution in [3.63, 3.8) is 0 Å². The Kier molecular flexibility index (Phi) is 8.18. The average Bonchev–Trinajstić information content (AvgIpc) is 3.43. The van der Waals surface area contributed by atoms with E-state index in [4.69, 9.17) is 4.99 Å². The average molecular weight is 515 g/mol. The third-order valence-corrected chi connectivity index (χ3v) is 7.15. The van der Waals surface area contributed by atoms with E-state index in [1.54, 1.807) is 0 Å². The third-order valence-electron chi connectivity index (χ3n) is 7.15. The molecule has 7 nitrogen and oxygen atoms in total. The van der Waals surface area contributed by atoms with Crippen molar-refractivity contribution in [2.75, 3.05) is 32.7 Å². The smallest absolute Gasteiger partial charge is 0.194 e. The van der Waals surface area contributed by atoms with Crippen LogP contribution in [0.1, 0.15) is 57.1 Å². The first kappa shape index (κ1) is 22.8. The summed E-state index contributed by atoms with van der Waals surface area (Å²) in [6.07, 6.45) is 8.27. The summed E-state index contributed by atoms with van der Waals surface area (Å²) in [5.41, 5.74) is 0. The Morgan fingerprint density at radius 3 is 2.52 bits per heavy atom. The number of aryl methyl sites for hydroxylation is 1. The summed E-state index contributed by atoms with van der Waals surface area (Å²) >= 11 is 0. The van der Waals surface area contributed by atoms with E-state index in [9.17, 15) is 0 Å². The summed E-state index contributed by atoms with van der Waals surface area (Å²) in [5, 5.41) is 12.0. The Labute approximate surface area is 192 Å². The molecule has 0 aromatic carbocycles. The van der Waals surface area contributed by atoms with Gasteiger partial charge < -0.3 is 14.8 Å². The molecule has 4 rings (SSSR count). The number of hydrogen-bond acceptors (Lipinski definition) is 4. The standard InChI is InChI=1S/C21H37N7.HI/c1-4-5-8-22-21(23-15-20-25-24-16(2)26(20)3)28-11-9-27(10-12-28)19-14-17-6-7-18(19)13-17;/h17-19H,4-15H2,1-3H3,(H,22,23);1H. The molecule has 1 saturated heterocycles. The van der Waals surface area contributed by atoms with Crippen LogP contribution >= 0.6 is 24.0 Å². The van der Waals surface area contributed by atoms with Crippen molar-refractivity contribution >= 4 is 29.9 Å². The molecule has 3 fully saturated rings. The number of rotatable bonds is 6. The SMILES string of the molecule is CCCCNC(=NCc1nnc(C)n1C)N1CCN(C2CC3CCC2C3)CC1.I. The van der Waals surface area contributed by atoms with Gasteiger partial charge in [-0.05, 0) is 44.4 Å². The lowest BCUT2D eigenvalue weighted by Crippen LogP contribution is -2.55. The Balaban J connectivity index is 0.00000240. The molecule has 8 heteroatoms. The van der Waals surface area contributed by atoms with Gasteiger partial charge in [-0.1, -0.05) is 19.8 Å². The van der Waals surface area contributed by atoms with E-state index in [2.05, 4.69) is 32.2 Å². The molecule has 0 radical (unpaired) electrons. The Morgan fingerprint density at radius 1 is 1.14 bits per heavy atom. The van der Waals surface area contributed by atoms with Gasteiger partial charge in [0, 0.05) is 45.8 Å². The zero-order valence-electron chi connectivity index (χ0n) is 18.3. The van der Waals surface area contributed by atoms with Crippen LogP contribution in [0.2, 0.25) is 0 Å². The fourth-order valence-corrected chi connectivity index (χ4v) is 5.30. The normalized spacial score (nSPS) is 27.3. The second kappa shape index (κ2) is 10.4. The van der Waals surface area contributed by atoms with Crippen molar-refractivity contribution in [3.05, 3.63) is 11.6 Å². The largest absolute Gasteiger partial charge is 0.356 e. The molecule has 2 bridgehead atoms. The van der Waals surface area contributed by atoms with Gasteiger partial charge in [0.15, 0.2) is 11.8 Å². The number of aromatic nitrogens is 3. The number of halogens is 1. The van der Waals surface area contributed by atoms with E-state index in [1.807, 2.05) is 18.5 Å². The number of piperazine rings is 1. The fraction of sp³-hybridized carbons (Fsp3) is 0.857. The molecular weight excluding hydrogens is 477 g/mol. The topological polar surface area (TPSA) is 61.6 Å². The highest BCUT2D eigenvalue weighted by molar-refractivity contribution is 14.0. The molecule has 29 heavy (non-hydrogen) atoms. The van der Waals surface area contributed by atoms with E-state index in [0.29, 0.717) is 6.54 Å². The maximum Gasteiger partial charge on any atom is 0.194 e.